The zero-order valence-electron chi connectivity index (χ0n) is 11.2. The number of aromatic hydroxyl groups is 1. The largest absolute Gasteiger partial charge is 0.508 e. The molecule has 1 amide bonds. The molecule has 1 aromatic carbocycles. The molecule has 0 bridgehead atoms. The Morgan fingerprint density at radius 3 is 2.38 bits per heavy atom. The number of aliphatic hydroxyl groups is 3. The minimum atomic E-state index is -2.28. The van der Waals surface area contributed by atoms with Crippen LogP contribution in [0.4, 0.5) is 0 Å². The fourth-order valence-corrected chi connectivity index (χ4v) is 1.68. The summed E-state index contributed by atoms with van der Waals surface area (Å²) in [5.74, 6) is -3.00. The van der Waals surface area contributed by atoms with Crippen LogP contribution in [-0.2, 0) is 15.1 Å². The Hall–Kier alpha value is -2.16. The zero-order chi connectivity index (χ0) is 16.2. The minimum Gasteiger partial charge on any atom is -0.508 e. The van der Waals surface area contributed by atoms with Gasteiger partial charge in [-0.05, 0) is 24.6 Å². The van der Waals surface area contributed by atoms with E-state index in [1.807, 2.05) is 0 Å². The molecule has 0 saturated heterocycles. The maximum atomic E-state index is 11.8. The first-order valence-electron chi connectivity index (χ1n) is 6.02. The number of rotatable bonds is 6. The monoisotopic (exact) mass is 299 g/mol. The normalized spacial score (nSPS) is 16.6. The fraction of sp³-hybridized carbons (Fsp3) is 0.385. The molecule has 0 aromatic heterocycles. The lowest BCUT2D eigenvalue weighted by molar-refractivity contribution is -0.159. The van der Waals surface area contributed by atoms with Crippen LogP contribution in [0.1, 0.15) is 12.5 Å². The van der Waals surface area contributed by atoms with Crippen molar-refractivity contribution in [1.29, 1.82) is 0 Å². The lowest BCUT2D eigenvalue weighted by Crippen LogP contribution is -2.53. The number of aliphatic hydroxyl groups excluding tert-OH is 3. The highest BCUT2D eigenvalue weighted by molar-refractivity contribution is 5.88. The van der Waals surface area contributed by atoms with E-state index in [-0.39, 0.29) is 5.75 Å². The predicted octanol–water partition coefficient (Wildman–Crippen LogP) is -1.48. The number of carbonyl (C=O) groups excluding carboxylic acids is 1. The Balaban J connectivity index is 2.96. The fourth-order valence-electron chi connectivity index (χ4n) is 1.68. The van der Waals surface area contributed by atoms with Crippen LogP contribution in [0.2, 0.25) is 0 Å². The van der Waals surface area contributed by atoms with Crippen LogP contribution in [0.15, 0.2) is 24.3 Å². The molecule has 0 radical (unpaired) electrons. The standard InChI is InChI=1S/C13H17NO7/c1-13(6-15,7-3-2-4-8(16)5-7)14-11(19)9(17)10(18)12(20)21/h2-5,9-10,15-18H,6H2,1H3,(H,14,19)(H,20,21). The Morgan fingerprint density at radius 1 is 1.29 bits per heavy atom. The average molecular weight is 299 g/mol. The van der Waals surface area contributed by atoms with Crippen molar-refractivity contribution in [2.45, 2.75) is 24.7 Å². The summed E-state index contributed by atoms with van der Waals surface area (Å²) in [6.45, 7) is 0.845. The highest BCUT2D eigenvalue weighted by Crippen LogP contribution is 2.23. The molecule has 116 valence electrons. The van der Waals surface area contributed by atoms with E-state index in [0.29, 0.717) is 5.56 Å². The van der Waals surface area contributed by atoms with Crippen LogP contribution in [0.5, 0.6) is 5.75 Å². The SMILES string of the molecule is CC(CO)(NC(=O)C(O)C(O)C(=O)O)c1cccc(O)c1. The van der Waals surface area contributed by atoms with Crippen LogP contribution in [0.25, 0.3) is 0 Å². The second kappa shape index (κ2) is 6.53. The first-order chi connectivity index (χ1) is 9.71. The third-order valence-corrected chi connectivity index (χ3v) is 3.02. The van der Waals surface area contributed by atoms with Gasteiger partial charge in [-0.15, -0.1) is 0 Å². The highest BCUT2D eigenvalue weighted by atomic mass is 16.4. The van der Waals surface area contributed by atoms with Gasteiger partial charge in [0.1, 0.15) is 5.75 Å². The van der Waals surface area contributed by atoms with Gasteiger partial charge in [0.2, 0.25) is 0 Å². The molecule has 0 fully saturated rings. The molecule has 8 nitrogen and oxygen atoms in total. The molecule has 0 aliphatic carbocycles. The van der Waals surface area contributed by atoms with Gasteiger partial charge < -0.3 is 30.8 Å². The van der Waals surface area contributed by atoms with Crippen LogP contribution in [-0.4, -0.2) is 56.2 Å². The molecule has 3 unspecified atom stereocenters. The molecule has 1 rings (SSSR count). The number of phenolic OH excluding ortho intramolecular Hbond substituents is 1. The van der Waals surface area contributed by atoms with E-state index in [2.05, 4.69) is 5.32 Å². The number of aliphatic carboxylic acids is 1. The Kier molecular flexibility index (Phi) is 5.25. The zero-order valence-corrected chi connectivity index (χ0v) is 11.2. The molecule has 0 heterocycles. The summed E-state index contributed by atoms with van der Waals surface area (Å²) in [6.07, 6.45) is -4.47. The van der Waals surface area contributed by atoms with Crippen molar-refractivity contribution < 1.29 is 35.1 Å². The van der Waals surface area contributed by atoms with Crippen LogP contribution in [0.3, 0.4) is 0 Å². The van der Waals surface area contributed by atoms with E-state index in [0.717, 1.165) is 0 Å². The second-order valence-electron chi connectivity index (χ2n) is 4.76. The Morgan fingerprint density at radius 2 is 1.90 bits per heavy atom. The lowest BCUT2D eigenvalue weighted by atomic mass is 9.92. The molecule has 6 N–H and O–H groups in total. The number of hydrogen-bond donors (Lipinski definition) is 6. The molecule has 21 heavy (non-hydrogen) atoms. The van der Waals surface area contributed by atoms with Crippen molar-refractivity contribution in [3.05, 3.63) is 29.8 Å². The molecule has 8 heteroatoms. The number of benzene rings is 1. The Labute approximate surface area is 120 Å². The van der Waals surface area contributed by atoms with Gasteiger partial charge in [-0.25, -0.2) is 4.79 Å². The van der Waals surface area contributed by atoms with Gasteiger partial charge in [0.25, 0.3) is 5.91 Å². The maximum absolute atomic E-state index is 11.8. The average Bonchev–Trinajstić information content (AvgIpc) is 2.45. The molecular weight excluding hydrogens is 282 g/mol. The topological polar surface area (TPSA) is 147 Å². The van der Waals surface area contributed by atoms with E-state index in [9.17, 15) is 24.9 Å². The van der Waals surface area contributed by atoms with Gasteiger partial charge >= 0.3 is 5.97 Å². The van der Waals surface area contributed by atoms with E-state index < -0.39 is 36.2 Å². The van der Waals surface area contributed by atoms with Gasteiger partial charge in [-0.1, -0.05) is 12.1 Å². The number of hydrogen-bond acceptors (Lipinski definition) is 6. The van der Waals surface area contributed by atoms with E-state index in [1.54, 1.807) is 0 Å². The number of amides is 1. The van der Waals surface area contributed by atoms with Crippen molar-refractivity contribution in [2.75, 3.05) is 6.61 Å². The van der Waals surface area contributed by atoms with Crippen molar-refractivity contribution in [2.24, 2.45) is 0 Å². The number of carbonyl (C=O) groups is 2. The molecular formula is C13H17NO7. The van der Waals surface area contributed by atoms with Crippen molar-refractivity contribution in [1.82, 2.24) is 5.32 Å². The number of nitrogens with one attached hydrogen (secondary N) is 1. The summed E-state index contributed by atoms with van der Waals surface area (Å²) in [5.41, 5.74) is -1.02. The first kappa shape index (κ1) is 16.9. The quantitative estimate of drug-likeness (QED) is 0.375. The third-order valence-electron chi connectivity index (χ3n) is 3.02. The summed E-state index contributed by atoms with van der Waals surface area (Å²) < 4.78 is 0. The molecule has 1 aromatic rings. The van der Waals surface area contributed by atoms with Gasteiger partial charge in [-0.3, -0.25) is 4.79 Å². The number of carboxylic acids is 1. The third kappa shape index (κ3) is 3.91. The summed E-state index contributed by atoms with van der Waals surface area (Å²) in [6, 6.07) is 5.71. The van der Waals surface area contributed by atoms with E-state index >= 15 is 0 Å². The van der Waals surface area contributed by atoms with Crippen LogP contribution < -0.4 is 5.32 Å². The van der Waals surface area contributed by atoms with E-state index in [1.165, 1.54) is 31.2 Å². The second-order valence-corrected chi connectivity index (χ2v) is 4.76. The van der Waals surface area contributed by atoms with Gasteiger partial charge in [0.05, 0.1) is 12.1 Å². The maximum Gasteiger partial charge on any atom is 0.335 e. The van der Waals surface area contributed by atoms with Gasteiger partial charge in [-0.2, -0.15) is 0 Å². The van der Waals surface area contributed by atoms with Crippen molar-refractivity contribution >= 4 is 11.9 Å². The number of phenols is 1. The molecule has 0 aliphatic rings. The van der Waals surface area contributed by atoms with E-state index in [4.69, 9.17) is 10.2 Å². The molecule has 3 atom stereocenters. The molecule has 0 saturated carbocycles. The van der Waals surface area contributed by atoms with Crippen molar-refractivity contribution in [3.8, 4) is 5.75 Å². The Bertz CT molecular complexity index is 533. The minimum absolute atomic E-state index is 0.0902. The van der Waals surface area contributed by atoms with Crippen molar-refractivity contribution in [3.63, 3.8) is 0 Å². The summed E-state index contributed by atoms with van der Waals surface area (Å²) >= 11 is 0. The highest BCUT2D eigenvalue weighted by Gasteiger charge is 2.35. The van der Waals surface area contributed by atoms with Crippen LogP contribution in [0, 0.1) is 0 Å². The van der Waals surface area contributed by atoms with Crippen LogP contribution >= 0.6 is 0 Å². The summed E-state index contributed by atoms with van der Waals surface area (Å²) in [4.78, 5) is 22.3. The van der Waals surface area contributed by atoms with Gasteiger partial charge in [0.15, 0.2) is 12.2 Å². The lowest BCUT2D eigenvalue weighted by Gasteiger charge is -2.30. The first-order valence-corrected chi connectivity index (χ1v) is 6.02. The molecule has 0 spiro atoms. The van der Waals surface area contributed by atoms with Gasteiger partial charge in [0, 0.05) is 0 Å². The predicted molar refractivity (Wildman–Crippen MR) is 70.3 cm³/mol. The summed E-state index contributed by atoms with van der Waals surface area (Å²) in [5, 5.41) is 48.2. The molecule has 0 aliphatic heterocycles. The summed E-state index contributed by atoms with van der Waals surface area (Å²) in [7, 11) is 0. The number of carboxylic acid groups (broad SMARTS) is 1. The smallest absolute Gasteiger partial charge is 0.335 e.